The lowest BCUT2D eigenvalue weighted by atomic mass is 10.2. The minimum absolute atomic E-state index is 0.344. The predicted molar refractivity (Wildman–Crippen MR) is 80.1 cm³/mol. The van der Waals surface area contributed by atoms with E-state index in [2.05, 4.69) is 23.9 Å². The number of methoxy groups -OCH3 is 1. The lowest BCUT2D eigenvalue weighted by molar-refractivity contribution is 0.266. The van der Waals surface area contributed by atoms with Crippen LogP contribution in [0.5, 0.6) is 11.5 Å². The maximum absolute atomic E-state index is 5.83. The molecule has 2 rings (SSSR count). The third-order valence-corrected chi connectivity index (χ3v) is 3.05. The van der Waals surface area contributed by atoms with Crippen molar-refractivity contribution >= 4 is 0 Å². The molecule has 114 valence electrons. The summed E-state index contributed by atoms with van der Waals surface area (Å²) in [7, 11) is 1.62. The molecule has 0 saturated carbocycles. The molecule has 1 aromatic carbocycles. The van der Waals surface area contributed by atoms with Crippen LogP contribution >= 0.6 is 0 Å². The van der Waals surface area contributed by atoms with Crippen molar-refractivity contribution in [3.8, 4) is 11.5 Å². The summed E-state index contributed by atoms with van der Waals surface area (Å²) in [5, 5.41) is 4.22. The Hall–Kier alpha value is -2.08. The summed E-state index contributed by atoms with van der Waals surface area (Å²) in [6.45, 7) is 5.90. The van der Waals surface area contributed by atoms with Gasteiger partial charge in [0, 0.05) is 13.1 Å². The van der Waals surface area contributed by atoms with Gasteiger partial charge in [-0.1, -0.05) is 19.9 Å². The predicted octanol–water partition coefficient (Wildman–Crippen LogP) is 1.98. The smallest absolute Gasteiger partial charge is 0.164 e. The van der Waals surface area contributed by atoms with Crippen LogP contribution in [-0.2, 0) is 19.7 Å². The molecule has 2 aromatic rings. The molecular weight excluding hydrogens is 268 g/mol. The van der Waals surface area contributed by atoms with Gasteiger partial charge in [-0.15, -0.1) is 0 Å². The van der Waals surface area contributed by atoms with E-state index in [1.807, 2.05) is 22.9 Å². The summed E-state index contributed by atoms with van der Waals surface area (Å²) >= 11 is 0. The van der Waals surface area contributed by atoms with E-state index in [1.54, 1.807) is 13.4 Å². The van der Waals surface area contributed by atoms with E-state index in [9.17, 15) is 0 Å². The third kappa shape index (κ3) is 3.95. The van der Waals surface area contributed by atoms with E-state index in [1.165, 1.54) is 0 Å². The molecule has 6 nitrogen and oxygen atoms in total. The highest BCUT2D eigenvalue weighted by Crippen LogP contribution is 2.28. The fourth-order valence-electron chi connectivity index (χ4n) is 2.00. The van der Waals surface area contributed by atoms with E-state index in [0.717, 1.165) is 17.9 Å². The molecule has 1 aromatic heterocycles. The normalized spacial score (nSPS) is 10.9. The first-order chi connectivity index (χ1) is 10.1. The zero-order valence-corrected chi connectivity index (χ0v) is 12.7. The van der Waals surface area contributed by atoms with Gasteiger partial charge in [-0.3, -0.25) is 0 Å². The van der Waals surface area contributed by atoms with Gasteiger partial charge in [-0.05, 0) is 23.6 Å². The zero-order valence-electron chi connectivity index (χ0n) is 12.7. The van der Waals surface area contributed by atoms with Crippen LogP contribution in [-0.4, -0.2) is 21.9 Å². The lowest BCUT2D eigenvalue weighted by Gasteiger charge is -2.13. The molecule has 6 heteroatoms. The van der Waals surface area contributed by atoms with Gasteiger partial charge in [0.1, 0.15) is 12.9 Å². The average Bonchev–Trinajstić information content (AvgIpc) is 2.91. The number of nitrogens with zero attached hydrogens (tertiary/aromatic N) is 3. The summed E-state index contributed by atoms with van der Waals surface area (Å²) in [6.07, 6.45) is 1.55. The second-order valence-corrected chi connectivity index (χ2v) is 5.23. The number of aromatic nitrogens is 3. The fraction of sp³-hybridized carbons (Fsp3) is 0.467. The van der Waals surface area contributed by atoms with Crippen molar-refractivity contribution in [2.45, 2.75) is 33.5 Å². The van der Waals surface area contributed by atoms with Crippen molar-refractivity contribution in [2.24, 2.45) is 11.7 Å². The van der Waals surface area contributed by atoms with E-state index >= 15 is 0 Å². The van der Waals surface area contributed by atoms with Gasteiger partial charge in [0.25, 0.3) is 0 Å². The molecule has 0 amide bonds. The largest absolute Gasteiger partial charge is 0.493 e. The highest BCUT2D eigenvalue weighted by molar-refractivity contribution is 5.42. The third-order valence-electron chi connectivity index (χ3n) is 3.05. The Balaban J connectivity index is 2.11. The summed E-state index contributed by atoms with van der Waals surface area (Å²) in [4.78, 5) is 4.24. The molecule has 1 heterocycles. The van der Waals surface area contributed by atoms with Crippen LogP contribution in [0.25, 0.3) is 0 Å². The van der Waals surface area contributed by atoms with Crippen LogP contribution in [0.4, 0.5) is 0 Å². The van der Waals surface area contributed by atoms with Gasteiger partial charge in [0.15, 0.2) is 17.3 Å². The maximum atomic E-state index is 5.83. The van der Waals surface area contributed by atoms with Crippen LogP contribution in [0.2, 0.25) is 0 Å². The van der Waals surface area contributed by atoms with Crippen molar-refractivity contribution in [3.05, 3.63) is 35.9 Å². The van der Waals surface area contributed by atoms with Crippen LogP contribution in [0.1, 0.15) is 25.2 Å². The molecule has 21 heavy (non-hydrogen) atoms. The Bertz CT molecular complexity index is 581. The van der Waals surface area contributed by atoms with E-state index < -0.39 is 0 Å². The van der Waals surface area contributed by atoms with Gasteiger partial charge < -0.3 is 15.2 Å². The molecule has 2 N–H and O–H groups in total. The summed E-state index contributed by atoms with van der Waals surface area (Å²) in [5.41, 5.74) is 6.65. The van der Waals surface area contributed by atoms with Gasteiger partial charge >= 0.3 is 0 Å². The molecule has 0 aliphatic carbocycles. The van der Waals surface area contributed by atoms with E-state index in [4.69, 9.17) is 15.2 Å². The number of hydrogen-bond acceptors (Lipinski definition) is 5. The Kier molecular flexibility index (Phi) is 5.16. The Morgan fingerprint density at radius 2 is 2.10 bits per heavy atom. The molecule has 0 spiro atoms. The van der Waals surface area contributed by atoms with Crippen LogP contribution in [0.3, 0.4) is 0 Å². The highest BCUT2D eigenvalue weighted by atomic mass is 16.5. The maximum Gasteiger partial charge on any atom is 0.164 e. The van der Waals surface area contributed by atoms with Crippen LogP contribution < -0.4 is 15.2 Å². The molecule has 0 saturated heterocycles. The van der Waals surface area contributed by atoms with Gasteiger partial charge in [-0.25, -0.2) is 9.67 Å². The number of benzene rings is 1. The standard InChI is InChI=1S/C15H22N4O2/c1-11(2)8-19-15(17-10-18-19)9-21-14-6-12(7-16)4-5-13(14)20-3/h4-6,10-11H,7-9,16H2,1-3H3. The minimum atomic E-state index is 0.344. The minimum Gasteiger partial charge on any atom is -0.493 e. The summed E-state index contributed by atoms with van der Waals surface area (Å²) < 4.78 is 13.0. The molecule has 0 bridgehead atoms. The molecule has 0 aliphatic heterocycles. The molecule has 0 unspecified atom stereocenters. The van der Waals surface area contributed by atoms with Crippen LogP contribution in [0.15, 0.2) is 24.5 Å². The Morgan fingerprint density at radius 1 is 1.29 bits per heavy atom. The first-order valence-corrected chi connectivity index (χ1v) is 7.00. The topological polar surface area (TPSA) is 75.2 Å². The van der Waals surface area contributed by atoms with Crippen molar-refractivity contribution in [1.82, 2.24) is 14.8 Å². The Labute approximate surface area is 124 Å². The van der Waals surface area contributed by atoms with Gasteiger partial charge in [0.05, 0.1) is 7.11 Å². The highest BCUT2D eigenvalue weighted by Gasteiger charge is 2.10. The Morgan fingerprint density at radius 3 is 2.76 bits per heavy atom. The second kappa shape index (κ2) is 7.08. The van der Waals surface area contributed by atoms with Gasteiger partial charge in [-0.2, -0.15) is 5.10 Å². The number of rotatable bonds is 7. The molecule has 0 aliphatic rings. The number of nitrogens with two attached hydrogens (primary N) is 1. The fourth-order valence-corrected chi connectivity index (χ4v) is 2.00. The van der Waals surface area contributed by atoms with Crippen molar-refractivity contribution in [3.63, 3.8) is 0 Å². The molecular formula is C15H22N4O2. The lowest BCUT2D eigenvalue weighted by Crippen LogP contribution is -2.12. The van der Waals surface area contributed by atoms with E-state index in [-0.39, 0.29) is 0 Å². The average molecular weight is 290 g/mol. The molecule has 0 fully saturated rings. The SMILES string of the molecule is COc1ccc(CN)cc1OCc1ncnn1CC(C)C. The molecule has 0 atom stereocenters. The van der Waals surface area contributed by atoms with Crippen LogP contribution in [0, 0.1) is 5.92 Å². The summed E-state index contributed by atoms with van der Waals surface area (Å²) in [6, 6.07) is 5.67. The first-order valence-electron chi connectivity index (χ1n) is 7.00. The van der Waals surface area contributed by atoms with Crippen molar-refractivity contribution in [2.75, 3.05) is 7.11 Å². The first kappa shape index (κ1) is 15.3. The number of hydrogen-bond donors (Lipinski definition) is 1. The van der Waals surface area contributed by atoms with Crippen molar-refractivity contribution < 1.29 is 9.47 Å². The molecule has 0 radical (unpaired) electrons. The van der Waals surface area contributed by atoms with E-state index in [0.29, 0.717) is 30.6 Å². The summed E-state index contributed by atoms with van der Waals surface area (Å²) in [5.74, 6) is 2.64. The number of ether oxygens (including phenoxy) is 2. The monoisotopic (exact) mass is 290 g/mol. The second-order valence-electron chi connectivity index (χ2n) is 5.23. The van der Waals surface area contributed by atoms with Gasteiger partial charge in [0.2, 0.25) is 0 Å². The quantitative estimate of drug-likeness (QED) is 0.844. The zero-order chi connectivity index (χ0) is 15.2. The van der Waals surface area contributed by atoms with Crippen molar-refractivity contribution in [1.29, 1.82) is 0 Å².